The number of carbonyl (C=O) groups excluding carboxylic acids is 1. The van der Waals surface area contributed by atoms with Gasteiger partial charge in [-0.1, -0.05) is 25.2 Å². The van der Waals surface area contributed by atoms with E-state index in [1.165, 1.54) is 17.5 Å². The van der Waals surface area contributed by atoms with E-state index in [0.717, 1.165) is 6.42 Å². The summed E-state index contributed by atoms with van der Waals surface area (Å²) in [5, 5.41) is 23.3. The number of nitrogens with zero attached hydrogens (tertiary/aromatic N) is 3. The van der Waals surface area contributed by atoms with Gasteiger partial charge in [0.05, 0.1) is 11.7 Å². The Hall–Kier alpha value is -2.06. The minimum absolute atomic E-state index is 0.282. The summed E-state index contributed by atoms with van der Waals surface area (Å²) in [6.45, 7) is 4.56. The van der Waals surface area contributed by atoms with Crippen molar-refractivity contribution in [3.05, 3.63) is 29.4 Å². The van der Waals surface area contributed by atoms with Gasteiger partial charge in [0.1, 0.15) is 11.3 Å². The Balaban J connectivity index is 1.86. The first-order chi connectivity index (χ1) is 10.5. The van der Waals surface area contributed by atoms with Crippen molar-refractivity contribution in [3.8, 4) is 0 Å². The molecule has 0 fully saturated rings. The highest BCUT2D eigenvalue weighted by Crippen LogP contribution is 2.12. The third kappa shape index (κ3) is 5.05. The number of hydrogen-bond acceptors (Lipinski definition) is 7. The maximum Gasteiger partial charge on any atom is 0.259 e. The van der Waals surface area contributed by atoms with Gasteiger partial charge in [0, 0.05) is 12.7 Å². The first-order valence-electron chi connectivity index (χ1n) is 7.00. The smallest absolute Gasteiger partial charge is 0.259 e. The molecule has 0 aromatic carbocycles. The van der Waals surface area contributed by atoms with E-state index in [-0.39, 0.29) is 5.91 Å². The molecule has 1 unspecified atom stereocenters. The first kappa shape index (κ1) is 16.3. The van der Waals surface area contributed by atoms with Crippen LogP contribution in [0.4, 0.5) is 10.9 Å². The third-order valence-electron chi connectivity index (χ3n) is 2.87. The van der Waals surface area contributed by atoms with Gasteiger partial charge in [-0.2, -0.15) is 0 Å². The predicted molar refractivity (Wildman–Crippen MR) is 86.1 cm³/mol. The van der Waals surface area contributed by atoms with Crippen LogP contribution in [0.15, 0.2) is 23.8 Å². The van der Waals surface area contributed by atoms with E-state index in [2.05, 4.69) is 39.7 Å². The third-order valence-corrected chi connectivity index (χ3v) is 3.48. The monoisotopic (exact) mass is 321 g/mol. The fraction of sp³-hybridized carbons (Fsp3) is 0.429. The Bertz CT molecular complexity index is 586. The minimum atomic E-state index is -0.415. The number of rotatable bonds is 7. The summed E-state index contributed by atoms with van der Waals surface area (Å²) >= 11 is 1.25. The summed E-state index contributed by atoms with van der Waals surface area (Å²) in [6.07, 6.45) is 1.80. The Morgan fingerprint density at radius 2 is 2.23 bits per heavy atom. The quantitative estimate of drug-likeness (QED) is 0.721. The van der Waals surface area contributed by atoms with E-state index in [0.29, 0.717) is 29.0 Å². The zero-order valence-corrected chi connectivity index (χ0v) is 13.3. The molecule has 118 valence electrons. The molecule has 0 aliphatic heterocycles. The number of aromatic nitrogens is 3. The summed E-state index contributed by atoms with van der Waals surface area (Å²) in [7, 11) is 0. The normalized spacial score (nSPS) is 12.2. The van der Waals surface area contributed by atoms with Gasteiger partial charge < -0.3 is 10.4 Å². The van der Waals surface area contributed by atoms with Crippen LogP contribution in [-0.4, -0.2) is 38.8 Å². The highest BCUT2D eigenvalue weighted by atomic mass is 32.1. The maximum absolute atomic E-state index is 11.9. The van der Waals surface area contributed by atoms with Gasteiger partial charge in [0.25, 0.3) is 5.91 Å². The molecule has 2 rings (SSSR count). The second-order valence-electron chi connectivity index (χ2n) is 5.29. The summed E-state index contributed by atoms with van der Waals surface area (Å²) < 4.78 is 0. The number of aliphatic hydroxyl groups excluding tert-OH is 1. The summed E-state index contributed by atoms with van der Waals surface area (Å²) in [5.74, 6) is 0.780. The van der Waals surface area contributed by atoms with E-state index in [9.17, 15) is 9.90 Å². The SMILES string of the molecule is CC(C)CC(O)CNc1ccc(C(=O)Nc2nncs2)cn1. The van der Waals surface area contributed by atoms with Crippen LogP contribution in [0.1, 0.15) is 30.6 Å². The topological polar surface area (TPSA) is 100 Å². The Morgan fingerprint density at radius 1 is 1.41 bits per heavy atom. The fourth-order valence-corrected chi connectivity index (χ4v) is 2.32. The summed E-state index contributed by atoms with van der Waals surface area (Å²) in [4.78, 5) is 16.1. The lowest BCUT2D eigenvalue weighted by Gasteiger charge is -2.14. The molecule has 3 N–H and O–H groups in total. The zero-order chi connectivity index (χ0) is 15.9. The van der Waals surface area contributed by atoms with E-state index in [4.69, 9.17) is 0 Å². The number of pyridine rings is 1. The van der Waals surface area contributed by atoms with Crippen LogP contribution in [-0.2, 0) is 0 Å². The zero-order valence-electron chi connectivity index (χ0n) is 12.5. The standard InChI is InChI=1S/C14H19N5O2S/c1-9(2)5-11(20)7-16-12-4-3-10(6-15-12)13(21)18-14-19-17-8-22-14/h3-4,6,8-9,11,20H,5,7H2,1-2H3,(H,15,16)(H,18,19,21). The van der Waals surface area contributed by atoms with Gasteiger partial charge in [-0.15, -0.1) is 10.2 Å². The van der Waals surface area contributed by atoms with Gasteiger partial charge in [-0.25, -0.2) is 4.98 Å². The molecule has 2 heterocycles. The van der Waals surface area contributed by atoms with Gasteiger partial charge in [0.2, 0.25) is 5.13 Å². The van der Waals surface area contributed by atoms with Crippen molar-refractivity contribution < 1.29 is 9.90 Å². The lowest BCUT2D eigenvalue weighted by Crippen LogP contribution is -2.21. The molecule has 0 aliphatic rings. The van der Waals surface area contributed by atoms with E-state index < -0.39 is 6.10 Å². The van der Waals surface area contributed by atoms with Crippen LogP contribution in [0.2, 0.25) is 0 Å². The van der Waals surface area contributed by atoms with E-state index in [1.807, 2.05) is 0 Å². The molecular weight excluding hydrogens is 302 g/mol. The molecule has 1 amide bonds. The Kier molecular flexibility index (Phi) is 5.79. The molecule has 1 atom stereocenters. The molecule has 0 aliphatic carbocycles. The van der Waals surface area contributed by atoms with Crippen molar-refractivity contribution in [2.45, 2.75) is 26.4 Å². The number of anilines is 2. The molecule has 2 aromatic heterocycles. The van der Waals surface area contributed by atoms with Crippen molar-refractivity contribution >= 4 is 28.2 Å². The van der Waals surface area contributed by atoms with Crippen molar-refractivity contribution in [1.82, 2.24) is 15.2 Å². The molecule has 0 bridgehead atoms. The highest BCUT2D eigenvalue weighted by molar-refractivity contribution is 7.13. The number of hydrogen-bond donors (Lipinski definition) is 3. The second kappa shape index (κ2) is 7.81. The van der Waals surface area contributed by atoms with Crippen molar-refractivity contribution in [3.63, 3.8) is 0 Å². The Labute approximate surface area is 132 Å². The van der Waals surface area contributed by atoms with Gasteiger partial charge in [-0.05, 0) is 24.5 Å². The van der Waals surface area contributed by atoms with Crippen LogP contribution < -0.4 is 10.6 Å². The summed E-state index contributed by atoms with van der Waals surface area (Å²) in [5.41, 5.74) is 1.98. The van der Waals surface area contributed by atoms with E-state index in [1.54, 1.807) is 17.6 Å². The molecule has 2 aromatic rings. The largest absolute Gasteiger partial charge is 0.391 e. The first-order valence-corrected chi connectivity index (χ1v) is 7.88. The van der Waals surface area contributed by atoms with Crippen molar-refractivity contribution in [2.75, 3.05) is 17.2 Å². The van der Waals surface area contributed by atoms with Crippen LogP contribution >= 0.6 is 11.3 Å². The van der Waals surface area contributed by atoms with Crippen LogP contribution in [0.5, 0.6) is 0 Å². The maximum atomic E-state index is 11.9. The molecule has 7 nitrogen and oxygen atoms in total. The molecule has 8 heteroatoms. The van der Waals surface area contributed by atoms with Gasteiger partial charge in [0.15, 0.2) is 0 Å². The van der Waals surface area contributed by atoms with Crippen LogP contribution in [0, 0.1) is 5.92 Å². The van der Waals surface area contributed by atoms with E-state index >= 15 is 0 Å². The minimum Gasteiger partial charge on any atom is -0.391 e. The summed E-state index contributed by atoms with van der Waals surface area (Å²) in [6, 6.07) is 3.37. The number of nitrogens with one attached hydrogen (secondary N) is 2. The molecule has 0 radical (unpaired) electrons. The molecule has 0 saturated heterocycles. The van der Waals surface area contributed by atoms with Crippen LogP contribution in [0.25, 0.3) is 0 Å². The highest BCUT2D eigenvalue weighted by Gasteiger charge is 2.10. The number of carbonyl (C=O) groups is 1. The fourth-order valence-electron chi connectivity index (χ4n) is 1.88. The van der Waals surface area contributed by atoms with Crippen molar-refractivity contribution in [1.29, 1.82) is 0 Å². The predicted octanol–water partition coefficient (Wildman–Crippen LogP) is 2.00. The van der Waals surface area contributed by atoms with Crippen molar-refractivity contribution in [2.24, 2.45) is 5.92 Å². The molecular formula is C14H19N5O2S. The average molecular weight is 321 g/mol. The van der Waals surface area contributed by atoms with Gasteiger partial charge in [-0.3, -0.25) is 10.1 Å². The second-order valence-corrected chi connectivity index (χ2v) is 6.13. The lowest BCUT2D eigenvalue weighted by molar-refractivity contribution is 0.102. The molecule has 22 heavy (non-hydrogen) atoms. The van der Waals surface area contributed by atoms with Crippen LogP contribution in [0.3, 0.4) is 0 Å². The lowest BCUT2D eigenvalue weighted by atomic mass is 10.1. The number of aliphatic hydroxyl groups is 1. The average Bonchev–Trinajstić information content (AvgIpc) is 2.98. The molecule has 0 saturated carbocycles. The Morgan fingerprint density at radius 3 is 2.82 bits per heavy atom. The van der Waals surface area contributed by atoms with Gasteiger partial charge >= 0.3 is 0 Å². The molecule has 0 spiro atoms. The number of amides is 1.